The molecule has 9 heteroatoms. The van der Waals surface area contributed by atoms with Gasteiger partial charge >= 0.3 is 5.97 Å². The lowest BCUT2D eigenvalue weighted by Crippen LogP contribution is -2.42. The van der Waals surface area contributed by atoms with Gasteiger partial charge in [-0.3, -0.25) is 14.8 Å². The van der Waals surface area contributed by atoms with Gasteiger partial charge in [0.25, 0.3) is 5.91 Å². The van der Waals surface area contributed by atoms with E-state index in [0.29, 0.717) is 23.1 Å². The number of benzene rings is 2. The Hall–Kier alpha value is -5.38. The number of nitrogens with one attached hydrogen (secondary N) is 1. The van der Waals surface area contributed by atoms with Gasteiger partial charge < -0.3 is 16.2 Å². The summed E-state index contributed by atoms with van der Waals surface area (Å²) in [5.41, 5.74) is 8.84. The first-order valence-corrected chi connectivity index (χ1v) is 19.3. The zero-order valence-electron chi connectivity index (χ0n) is 31.1. The molecule has 0 saturated heterocycles. The van der Waals surface area contributed by atoms with E-state index in [1.807, 2.05) is 0 Å². The van der Waals surface area contributed by atoms with Crippen molar-refractivity contribution in [2.75, 3.05) is 13.1 Å². The summed E-state index contributed by atoms with van der Waals surface area (Å²) < 4.78 is 27.9. The summed E-state index contributed by atoms with van der Waals surface area (Å²) in [5.74, 6) is 10.6. The van der Waals surface area contributed by atoms with E-state index >= 15 is 0 Å². The maximum atomic E-state index is 14.4. The third kappa shape index (κ3) is 11.6. The number of carbonyl (C=O) groups is 2. The van der Waals surface area contributed by atoms with Crippen molar-refractivity contribution in [3.63, 3.8) is 0 Å². The molecule has 4 aliphatic rings. The molecule has 1 amide bonds. The lowest BCUT2D eigenvalue weighted by Gasteiger charge is -2.42. The van der Waals surface area contributed by atoms with Crippen molar-refractivity contribution < 1.29 is 23.5 Å². The second-order valence-corrected chi connectivity index (χ2v) is 15.6. The van der Waals surface area contributed by atoms with Gasteiger partial charge in [-0.1, -0.05) is 62.2 Å². The third-order valence-electron chi connectivity index (χ3n) is 11.2. The number of carbonyl (C=O) groups excluding carboxylic acids is 1. The maximum Gasteiger partial charge on any atom is 0.335 e. The van der Waals surface area contributed by atoms with Crippen LogP contribution in [0.5, 0.6) is 0 Å². The SMILES string of the molecule is NCC1(CC2CC2)CCC1.O=C(NCC1(CC2CC2)CCC1)c1ccc(C#Cc2ccncc2)c(F)c1.O=C(O)c1ccc(C#Cc2ccncc2)c(F)c1. The molecule has 2 aromatic heterocycles. The zero-order chi connectivity index (χ0) is 38.7. The first-order valence-electron chi connectivity index (χ1n) is 19.3. The van der Waals surface area contributed by atoms with Gasteiger partial charge in [-0.2, -0.15) is 0 Å². The summed E-state index contributed by atoms with van der Waals surface area (Å²) in [5, 5.41) is 11.7. The number of carboxylic acid groups (broad SMARTS) is 1. The first kappa shape index (κ1) is 39.3. The molecular weight excluding hydrogens is 695 g/mol. The minimum atomic E-state index is -1.16. The molecule has 0 aliphatic heterocycles. The maximum absolute atomic E-state index is 14.4. The third-order valence-corrected chi connectivity index (χ3v) is 11.2. The molecule has 7 nitrogen and oxygen atoms in total. The van der Waals surface area contributed by atoms with E-state index in [2.05, 4.69) is 39.0 Å². The van der Waals surface area contributed by atoms with E-state index in [0.717, 1.165) is 30.0 Å². The van der Waals surface area contributed by atoms with Gasteiger partial charge in [0, 0.05) is 48.0 Å². The summed E-state index contributed by atoms with van der Waals surface area (Å²) in [4.78, 5) is 30.9. The molecule has 0 unspecified atom stereocenters. The minimum absolute atomic E-state index is 0.0954. The predicted molar refractivity (Wildman–Crippen MR) is 209 cm³/mol. The van der Waals surface area contributed by atoms with Gasteiger partial charge in [0.2, 0.25) is 0 Å². The van der Waals surface area contributed by atoms with Crippen molar-refractivity contribution in [1.82, 2.24) is 15.3 Å². The number of amides is 1. The molecule has 0 bridgehead atoms. The number of halogens is 2. The largest absolute Gasteiger partial charge is 0.478 e. The molecule has 8 rings (SSSR count). The number of nitrogens with two attached hydrogens (primary N) is 1. The van der Waals surface area contributed by atoms with E-state index < -0.39 is 17.6 Å². The van der Waals surface area contributed by atoms with Crippen LogP contribution in [0.1, 0.15) is 120 Å². The van der Waals surface area contributed by atoms with Gasteiger partial charge in [0.1, 0.15) is 11.6 Å². The van der Waals surface area contributed by atoms with Crippen LogP contribution in [0, 0.1) is 58.0 Å². The Morgan fingerprint density at radius 3 is 1.55 bits per heavy atom. The Morgan fingerprint density at radius 1 is 0.691 bits per heavy atom. The van der Waals surface area contributed by atoms with Gasteiger partial charge in [-0.25, -0.2) is 13.6 Å². The van der Waals surface area contributed by atoms with E-state index in [9.17, 15) is 18.4 Å². The highest BCUT2D eigenvalue weighted by atomic mass is 19.1. The van der Waals surface area contributed by atoms with Crippen molar-refractivity contribution in [3.8, 4) is 23.7 Å². The Kier molecular flexibility index (Phi) is 13.1. The van der Waals surface area contributed by atoms with Crippen molar-refractivity contribution in [2.45, 2.75) is 77.0 Å². The molecule has 0 radical (unpaired) electrons. The van der Waals surface area contributed by atoms with Crippen LogP contribution >= 0.6 is 0 Å². The number of nitrogens with zero attached hydrogens (tertiary/aromatic N) is 2. The van der Waals surface area contributed by atoms with Gasteiger partial charge in [-0.05, 0) is 128 Å². The minimum Gasteiger partial charge on any atom is -0.478 e. The monoisotopic (exact) mass is 742 g/mol. The van der Waals surface area contributed by atoms with E-state index in [1.165, 1.54) is 95.2 Å². The highest BCUT2D eigenvalue weighted by molar-refractivity contribution is 5.94. The number of pyridine rings is 2. The number of hydrogen-bond acceptors (Lipinski definition) is 5. The molecule has 4 fully saturated rings. The molecule has 55 heavy (non-hydrogen) atoms. The van der Waals surface area contributed by atoms with Crippen LogP contribution in [0.2, 0.25) is 0 Å². The average Bonchev–Trinajstić information content (AvgIpc) is 4.12. The van der Waals surface area contributed by atoms with Crippen LogP contribution in [0.25, 0.3) is 0 Å². The second-order valence-electron chi connectivity index (χ2n) is 15.6. The van der Waals surface area contributed by atoms with Crippen LogP contribution in [0.4, 0.5) is 8.78 Å². The number of hydrogen-bond donors (Lipinski definition) is 3. The lowest BCUT2D eigenvalue weighted by molar-refractivity contribution is 0.0696. The van der Waals surface area contributed by atoms with E-state index in [1.54, 1.807) is 61.2 Å². The summed E-state index contributed by atoms with van der Waals surface area (Å²) in [6, 6.07) is 15.1. The number of carboxylic acids is 1. The Labute approximate surface area is 322 Å². The standard InChI is InChI=1S/C23H23FN2O.C14H8FNO2.C9H17N/c24-21-14-20(7-6-19(21)5-4-17-8-12-25-13-9-17)22(27)26-16-23(10-1-11-23)15-18-2-3-18;15-13-9-12(14(17)18)4-3-11(13)2-1-10-5-7-16-8-6-10;10-7-9(4-1-5-9)6-8-2-3-8/h6-9,12-14,18H,1-3,10-11,15-16H2,(H,26,27);3-9H,(H,17,18);8H,1-7,10H2. The fraction of sp³-hybridized carbons (Fsp3) is 0.391. The zero-order valence-corrected chi connectivity index (χ0v) is 31.1. The molecule has 4 N–H and O–H groups in total. The van der Waals surface area contributed by atoms with Gasteiger partial charge in [-0.15, -0.1) is 0 Å². The summed E-state index contributed by atoms with van der Waals surface area (Å²) >= 11 is 0. The van der Waals surface area contributed by atoms with Crippen molar-refractivity contribution in [1.29, 1.82) is 0 Å². The molecule has 4 saturated carbocycles. The topological polar surface area (TPSA) is 118 Å². The average molecular weight is 743 g/mol. The molecule has 4 aromatic rings. The normalized spacial score (nSPS) is 17.0. The molecule has 2 heterocycles. The van der Waals surface area contributed by atoms with Crippen LogP contribution in [-0.2, 0) is 0 Å². The fourth-order valence-corrected chi connectivity index (χ4v) is 7.19. The highest BCUT2D eigenvalue weighted by Gasteiger charge is 2.42. The van der Waals surface area contributed by atoms with Gasteiger partial charge in [0.05, 0.1) is 16.7 Å². The molecule has 0 spiro atoms. The van der Waals surface area contributed by atoms with Crippen LogP contribution in [0.15, 0.2) is 85.5 Å². The quantitative estimate of drug-likeness (QED) is 0.148. The molecule has 0 atom stereocenters. The first-order chi connectivity index (χ1) is 26.6. The van der Waals surface area contributed by atoms with Crippen molar-refractivity contribution in [2.24, 2.45) is 28.4 Å². The Morgan fingerprint density at radius 2 is 1.15 bits per heavy atom. The number of aromatic nitrogens is 2. The predicted octanol–water partition coefficient (Wildman–Crippen LogP) is 8.55. The Balaban J connectivity index is 0.000000157. The van der Waals surface area contributed by atoms with Crippen molar-refractivity contribution in [3.05, 3.63) is 130 Å². The van der Waals surface area contributed by atoms with Crippen LogP contribution < -0.4 is 11.1 Å². The number of aromatic carboxylic acids is 1. The molecular formula is C46H48F2N4O3. The molecule has 284 valence electrons. The molecule has 4 aliphatic carbocycles. The Bertz CT molecular complexity index is 2060. The second kappa shape index (κ2) is 18.3. The van der Waals surface area contributed by atoms with Crippen LogP contribution in [0.3, 0.4) is 0 Å². The summed E-state index contributed by atoms with van der Waals surface area (Å²) in [6.07, 6.45) is 22.7. The fourth-order valence-electron chi connectivity index (χ4n) is 7.19. The summed E-state index contributed by atoms with van der Waals surface area (Å²) in [6.45, 7) is 1.65. The van der Waals surface area contributed by atoms with E-state index in [4.69, 9.17) is 10.8 Å². The lowest BCUT2D eigenvalue weighted by atomic mass is 9.65. The van der Waals surface area contributed by atoms with Crippen molar-refractivity contribution >= 4 is 11.9 Å². The summed E-state index contributed by atoms with van der Waals surface area (Å²) in [7, 11) is 0. The van der Waals surface area contributed by atoms with Gasteiger partial charge in [0.15, 0.2) is 0 Å². The smallest absolute Gasteiger partial charge is 0.335 e. The molecule has 2 aromatic carbocycles. The van der Waals surface area contributed by atoms with E-state index in [-0.39, 0.29) is 28.0 Å². The highest BCUT2D eigenvalue weighted by Crippen LogP contribution is 2.51. The number of rotatable bonds is 9. The van der Waals surface area contributed by atoms with Crippen LogP contribution in [-0.4, -0.2) is 40.0 Å².